The summed E-state index contributed by atoms with van der Waals surface area (Å²) in [6.07, 6.45) is 10.2. The molecule has 0 aromatic rings. The van der Waals surface area contributed by atoms with E-state index in [1.807, 2.05) is 0 Å². The SMILES string of the molecule is CCCCC(CCCC)C(CC)(CCC)OO. The Morgan fingerprint density at radius 2 is 1.47 bits per heavy atom. The predicted octanol–water partition coefficient (Wildman–Crippen LogP) is 5.42. The smallest absolute Gasteiger partial charge is 0.106 e. The van der Waals surface area contributed by atoms with Gasteiger partial charge in [0.1, 0.15) is 5.60 Å². The van der Waals surface area contributed by atoms with Crippen LogP contribution in [0.4, 0.5) is 0 Å². The van der Waals surface area contributed by atoms with Gasteiger partial charge in [-0.05, 0) is 31.6 Å². The van der Waals surface area contributed by atoms with Crippen LogP contribution in [0.1, 0.15) is 85.5 Å². The average molecular weight is 244 g/mol. The Labute approximate surface area is 108 Å². The molecule has 1 unspecified atom stereocenters. The van der Waals surface area contributed by atoms with Gasteiger partial charge in [-0.3, -0.25) is 5.26 Å². The van der Waals surface area contributed by atoms with Crippen LogP contribution in [0, 0.1) is 5.92 Å². The van der Waals surface area contributed by atoms with Gasteiger partial charge in [0, 0.05) is 0 Å². The summed E-state index contributed by atoms with van der Waals surface area (Å²) < 4.78 is 0. The summed E-state index contributed by atoms with van der Waals surface area (Å²) in [4.78, 5) is 4.98. The lowest BCUT2D eigenvalue weighted by Crippen LogP contribution is -2.39. The van der Waals surface area contributed by atoms with E-state index in [2.05, 4.69) is 27.7 Å². The van der Waals surface area contributed by atoms with Gasteiger partial charge in [0.25, 0.3) is 0 Å². The molecule has 0 aliphatic carbocycles. The first-order chi connectivity index (χ1) is 8.20. The van der Waals surface area contributed by atoms with E-state index in [0.29, 0.717) is 5.92 Å². The van der Waals surface area contributed by atoms with Gasteiger partial charge in [-0.2, -0.15) is 0 Å². The Hall–Kier alpha value is -0.0800. The van der Waals surface area contributed by atoms with Crippen molar-refractivity contribution in [3.05, 3.63) is 0 Å². The minimum Gasteiger partial charge on any atom is -0.251 e. The second kappa shape index (κ2) is 9.90. The van der Waals surface area contributed by atoms with Crippen LogP contribution in [0.2, 0.25) is 0 Å². The van der Waals surface area contributed by atoms with Crippen LogP contribution in [0.3, 0.4) is 0 Å². The molecule has 0 bridgehead atoms. The number of hydrogen-bond acceptors (Lipinski definition) is 2. The predicted molar refractivity (Wildman–Crippen MR) is 74.2 cm³/mol. The first kappa shape index (κ1) is 16.9. The molecule has 0 saturated carbocycles. The van der Waals surface area contributed by atoms with E-state index in [4.69, 9.17) is 4.89 Å². The molecule has 104 valence electrons. The zero-order chi connectivity index (χ0) is 13.1. The summed E-state index contributed by atoms with van der Waals surface area (Å²) in [6, 6.07) is 0. The quantitative estimate of drug-likeness (QED) is 0.388. The van der Waals surface area contributed by atoms with E-state index in [9.17, 15) is 5.26 Å². The molecule has 0 rings (SSSR count). The van der Waals surface area contributed by atoms with Gasteiger partial charge in [0.2, 0.25) is 0 Å². The van der Waals surface area contributed by atoms with Crippen LogP contribution in [0.5, 0.6) is 0 Å². The van der Waals surface area contributed by atoms with Crippen molar-refractivity contribution in [1.82, 2.24) is 0 Å². The van der Waals surface area contributed by atoms with Gasteiger partial charge in [0.15, 0.2) is 0 Å². The van der Waals surface area contributed by atoms with Crippen LogP contribution in [0.25, 0.3) is 0 Å². The lowest BCUT2D eigenvalue weighted by atomic mass is 9.76. The fourth-order valence-corrected chi connectivity index (χ4v) is 2.85. The third-order valence-corrected chi connectivity index (χ3v) is 4.01. The number of unbranched alkanes of at least 4 members (excludes halogenated alkanes) is 2. The van der Waals surface area contributed by atoms with Crippen LogP contribution in [-0.2, 0) is 4.89 Å². The van der Waals surface area contributed by atoms with Crippen molar-refractivity contribution >= 4 is 0 Å². The average Bonchev–Trinajstić information content (AvgIpc) is 2.37. The van der Waals surface area contributed by atoms with Crippen molar-refractivity contribution < 1.29 is 10.1 Å². The zero-order valence-electron chi connectivity index (χ0n) is 12.3. The first-order valence-electron chi connectivity index (χ1n) is 7.53. The highest BCUT2D eigenvalue weighted by Gasteiger charge is 2.37. The van der Waals surface area contributed by atoms with Gasteiger partial charge < -0.3 is 0 Å². The molecule has 0 aromatic heterocycles. The fraction of sp³-hybridized carbons (Fsp3) is 1.00. The Bertz CT molecular complexity index is 156. The normalized spacial score (nSPS) is 15.2. The molecule has 2 heteroatoms. The topological polar surface area (TPSA) is 29.5 Å². The van der Waals surface area contributed by atoms with Gasteiger partial charge >= 0.3 is 0 Å². The molecule has 0 fully saturated rings. The molecule has 0 saturated heterocycles. The largest absolute Gasteiger partial charge is 0.251 e. The Morgan fingerprint density at radius 1 is 0.941 bits per heavy atom. The summed E-state index contributed by atoms with van der Waals surface area (Å²) in [5.41, 5.74) is -0.293. The van der Waals surface area contributed by atoms with E-state index in [1.165, 1.54) is 38.5 Å². The summed E-state index contributed by atoms with van der Waals surface area (Å²) in [5.74, 6) is 0.511. The van der Waals surface area contributed by atoms with Crippen LogP contribution in [-0.4, -0.2) is 10.9 Å². The van der Waals surface area contributed by atoms with Crippen molar-refractivity contribution in [3.63, 3.8) is 0 Å². The van der Waals surface area contributed by atoms with Gasteiger partial charge in [-0.15, -0.1) is 0 Å². The lowest BCUT2D eigenvalue weighted by Gasteiger charge is -2.37. The second-order valence-corrected chi connectivity index (χ2v) is 5.24. The van der Waals surface area contributed by atoms with Crippen molar-refractivity contribution in [2.75, 3.05) is 0 Å². The summed E-state index contributed by atoms with van der Waals surface area (Å²) in [7, 11) is 0. The van der Waals surface area contributed by atoms with Crippen LogP contribution in [0.15, 0.2) is 0 Å². The van der Waals surface area contributed by atoms with Gasteiger partial charge in [0.05, 0.1) is 0 Å². The van der Waals surface area contributed by atoms with Gasteiger partial charge in [-0.1, -0.05) is 59.8 Å². The van der Waals surface area contributed by atoms with Crippen molar-refractivity contribution in [2.45, 2.75) is 91.1 Å². The Balaban J connectivity index is 4.64. The maximum Gasteiger partial charge on any atom is 0.106 e. The maximum atomic E-state index is 9.38. The summed E-state index contributed by atoms with van der Waals surface area (Å²) >= 11 is 0. The fourth-order valence-electron chi connectivity index (χ4n) is 2.85. The molecule has 0 aromatic carbocycles. The highest BCUT2D eigenvalue weighted by molar-refractivity contribution is 4.86. The minimum absolute atomic E-state index is 0.293. The Kier molecular flexibility index (Phi) is 9.85. The van der Waals surface area contributed by atoms with E-state index >= 15 is 0 Å². The van der Waals surface area contributed by atoms with E-state index in [-0.39, 0.29) is 5.60 Å². The van der Waals surface area contributed by atoms with Crippen molar-refractivity contribution in [3.8, 4) is 0 Å². The van der Waals surface area contributed by atoms with Gasteiger partial charge in [-0.25, -0.2) is 4.89 Å². The molecular weight excluding hydrogens is 212 g/mol. The zero-order valence-corrected chi connectivity index (χ0v) is 12.3. The second-order valence-electron chi connectivity index (χ2n) is 5.24. The monoisotopic (exact) mass is 244 g/mol. The molecule has 2 nitrogen and oxygen atoms in total. The third-order valence-electron chi connectivity index (χ3n) is 4.01. The van der Waals surface area contributed by atoms with Crippen LogP contribution >= 0.6 is 0 Å². The van der Waals surface area contributed by atoms with E-state index in [0.717, 1.165) is 19.3 Å². The molecule has 17 heavy (non-hydrogen) atoms. The molecule has 0 aliphatic rings. The van der Waals surface area contributed by atoms with Crippen molar-refractivity contribution in [1.29, 1.82) is 0 Å². The maximum absolute atomic E-state index is 9.38. The molecule has 0 aliphatic heterocycles. The standard InChI is InChI=1S/C15H32O2/c1-5-9-11-14(12-10-6-2)15(8-4,17-16)13-7-3/h14,16H,5-13H2,1-4H3. The van der Waals surface area contributed by atoms with Crippen LogP contribution < -0.4 is 0 Å². The molecule has 1 N–H and O–H groups in total. The molecule has 0 amide bonds. The molecule has 0 heterocycles. The number of rotatable bonds is 11. The molecular formula is C15H32O2. The summed E-state index contributed by atoms with van der Waals surface area (Å²) in [6.45, 7) is 8.76. The van der Waals surface area contributed by atoms with Crippen molar-refractivity contribution in [2.24, 2.45) is 5.92 Å². The first-order valence-corrected chi connectivity index (χ1v) is 7.53. The number of hydrogen-bond donors (Lipinski definition) is 1. The lowest BCUT2D eigenvalue weighted by molar-refractivity contribution is -0.342. The molecule has 0 radical (unpaired) electrons. The minimum atomic E-state index is -0.293. The third kappa shape index (κ3) is 5.39. The van der Waals surface area contributed by atoms with E-state index < -0.39 is 0 Å². The molecule has 0 spiro atoms. The highest BCUT2D eigenvalue weighted by Crippen LogP contribution is 2.37. The summed E-state index contributed by atoms with van der Waals surface area (Å²) in [5, 5.41) is 9.38. The van der Waals surface area contributed by atoms with E-state index in [1.54, 1.807) is 0 Å². The Morgan fingerprint density at radius 3 is 1.76 bits per heavy atom. The highest BCUT2D eigenvalue weighted by atomic mass is 17.1. The molecule has 1 atom stereocenters.